The van der Waals surface area contributed by atoms with Crippen LogP contribution in [-0.4, -0.2) is 28.0 Å². The number of hydrogen-bond donors (Lipinski definition) is 0. The van der Waals surface area contributed by atoms with E-state index in [1.165, 1.54) is 11.1 Å². The van der Waals surface area contributed by atoms with Crippen LogP contribution in [0.2, 0.25) is 0 Å². The highest BCUT2D eigenvalue weighted by Crippen LogP contribution is 2.19. The first-order chi connectivity index (χ1) is 18.2. The first kappa shape index (κ1) is 24.5. The maximum Gasteiger partial charge on any atom is 0.263 e. The van der Waals surface area contributed by atoms with E-state index in [4.69, 9.17) is 19.9 Å². The van der Waals surface area contributed by atoms with Crippen molar-refractivity contribution in [2.75, 3.05) is 0 Å². The van der Waals surface area contributed by atoms with Gasteiger partial charge in [-0.1, -0.05) is 74.5 Å². The van der Waals surface area contributed by atoms with Crippen molar-refractivity contribution in [3.8, 4) is 0 Å². The Balaban J connectivity index is 1.56. The molecule has 5 aromatic rings. The Morgan fingerprint density at radius 3 is 1.51 bits per heavy atom. The van der Waals surface area contributed by atoms with Gasteiger partial charge in [0, 0.05) is 46.1 Å². The fraction of sp³-hybridized carbons (Fsp3) is 0.125. The number of hydrogen-bond acceptors (Lipinski definition) is 4. The number of aromatic nitrogens is 4. The van der Waals surface area contributed by atoms with Gasteiger partial charge in [-0.05, 0) is 71.5 Å². The minimum atomic E-state index is -2.90. The lowest BCUT2D eigenvalue weighted by Gasteiger charge is -2.29. The van der Waals surface area contributed by atoms with Crippen LogP contribution in [0.5, 0.6) is 0 Å². The van der Waals surface area contributed by atoms with Gasteiger partial charge in [0.2, 0.25) is 0 Å². The summed E-state index contributed by atoms with van der Waals surface area (Å²) in [5.41, 5.74) is 3.60. The SMILES string of the molecule is CCC(C)c1ccc(C=Cc2ccc([Si](c3ccccn3)(c3ccccn3)c3ccccn3)nc2)cc1. The van der Waals surface area contributed by atoms with Crippen LogP contribution in [0.25, 0.3) is 12.2 Å². The van der Waals surface area contributed by atoms with Crippen LogP contribution < -0.4 is 21.3 Å². The van der Waals surface area contributed by atoms with Crippen LogP contribution in [0.15, 0.2) is 116 Å². The molecule has 0 aliphatic rings. The van der Waals surface area contributed by atoms with Crippen molar-refractivity contribution in [1.29, 1.82) is 0 Å². The van der Waals surface area contributed by atoms with Gasteiger partial charge in [0.25, 0.3) is 8.07 Å². The van der Waals surface area contributed by atoms with Crippen molar-refractivity contribution >= 4 is 41.5 Å². The molecule has 0 bridgehead atoms. The molecule has 1 atom stereocenters. The van der Waals surface area contributed by atoms with Gasteiger partial charge >= 0.3 is 0 Å². The molecule has 4 nitrogen and oxygen atoms in total. The van der Waals surface area contributed by atoms with Crippen molar-refractivity contribution in [2.45, 2.75) is 26.2 Å². The molecule has 0 amide bonds. The Morgan fingerprint density at radius 2 is 1.08 bits per heavy atom. The summed E-state index contributed by atoms with van der Waals surface area (Å²) in [6, 6.07) is 31.2. The van der Waals surface area contributed by atoms with Crippen LogP contribution in [0.1, 0.15) is 42.9 Å². The third-order valence-electron chi connectivity index (χ3n) is 6.90. The van der Waals surface area contributed by atoms with Crippen LogP contribution >= 0.6 is 0 Å². The van der Waals surface area contributed by atoms with Crippen LogP contribution in [0.3, 0.4) is 0 Å². The van der Waals surface area contributed by atoms with E-state index in [9.17, 15) is 0 Å². The smallest absolute Gasteiger partial charge is 0.263 e. The summed E-state index contributed by atoms with van der Waals surface area (Å²) in [6.07, 6.45) is 12.9. The second kappa shape index (κ2) is 11.2. The molecule has 37 heavy (non-hydrogen) atoms. The van der Waals surface area contributed by atoms with Gasteiger partial charge in [0.05, 0.1) is 0 Å². The molecule has 4 aromatic heterocycles. The second-order valence-corrected chi connectivity index (χ2v) is 12.7. The topological polar surface area (TPSA) is 51.6 Å². The van der Waals surface area contributed by atoms with E-state index in [1.54, 1.807) is 0 Å². The van der Waals surface area contributed by atoms with Gasteiger partial charge < -0.3 is 0 Å². The number of pyridine rings is 4. The van der Waals surface area contributed by atoms with E-state index >= 15 is 0 Å². The monoisotopic (exact) mass is 498 g/mol. The van der Waals surface area contributed by atoms with E-state index in [2.05, 4.69) is 80.6 Å². The number of rotatable bonds is 8. The molecule has 4 heterocycles. The first-order valence-corrected chi connectivity index (χ1v) is 14.7. The van der Waals surface area contributed by atoms with Gasteiger partial charge in [-0.2, -0.15) is 0 Å². The summed E-state index contributed by atoms with van der Waals surface area (Å²) in [7, 11) is -2.90. The highest BCUT2D eigenvalue weighted by Gasteiger charge is 2.47. The molecule has 0 fully saturated rings. The third kappa shape index (κ3) is 5.04. The Bertz CT molecular complexity index is 1340. The normalized spacial score (nSPS) is 12.5. The molecule has 0 spiro atoms. The standard InChI is InChI=1S/C32H30N4Si/c1-3-25(2)28-18-15-26(16-19-28)13-14-27-17-20-32(36-24-27)37(29-10-4-7-21-33-29,30-11-5-8-22-34-30)31-12-6-9-23-35-31/h4-25H,3H2,1-2H3. The lowest BCUT2D eigenvalue weighted by Crippen LogP contribution is -2.77. The Morgan fingerprint density at radius 1 is 0.595 bits per heavy atom. The van der Waals surface area contributed by atoms with Crippen LogP contribution in [-0.2, 0) is 0 Å². The molecule has 0 radical (unpaired) electrons. The summed E-state index contributed by atoms with van der Waals surface area (Å²) in [5.74, 6) is 0.580. The predicted octanol–water partition coefficient (Wildman–Crippen LogP) is 4.33. The predicted molar refractivity (Wildman–Crippen MR) is 155 cm³/mol. The summed E-state index contributed by atoms with van der Waals surface area (Å²) in [6.45, 7) is 4.49. The zero-order valence-corrected chi connectivity index (χ0v) is 22.2. The zero-order chi connectivity index (χ0) is 25.5. The summed E-state index contributed by atoms with van der Waals surface area (Å²) >= 11 is 0. The second-order valence-electron chi connectivity index (χ2n) is 9.18. The first-order valence-electron chi connectivity index (χ1n) is 12.7. The molecule has 1 unspecified atom stereocenters. The average molecular weight is 499 g/mol. The van der Waals surface area contributed by atoms with E-state index < -0.39 is 8.07 Å². The number of nitrogens with zero attached hydrogens (tertiary/aromatic N) is 4. The van der Waals surface area contributed by atoms with E-state index in [1.807, 2.05) is 61.2 Å². The lowest BCUT2D eigenvalue weighted by molar-refractivity contribution is 0.733. The molecule has 0 saturated heterocycles. The summed E-state index contributed by atoms with van der Waals surface area (Å²) in [4.78, 5) is 19.5. The third-order valence-corrected chi connectivity index (χ3v) is 11.2. The largest absolute Gasteiger partial charge is 0.265 e. The molecule has 0 aliphatic carbocycles. The Labute approximate surface area is 219 Å². The van der Waals surface area contributed by atoms with Gasteiger partial charge in [-0.3, -0.25) is 19.9 Å². The van der Waals surface area contributed by atoms with E-state index in [0.29, 0.717) is 5.92 Å². The number of benzene rings is 1. The molecule has 182 valence electrons. The minimum Gasteiger partial charge on any atom is -0.265 e. The Hall–Kier alpha value is -4.22. The molecular weight excluding hydrogens is 468 g/mol. The molecule has 1 aromatic carbocycles. The molecule has 0 N–H and O–H groups in total. The Kier molecular flexibility index (Phi) is 7.43. The van der Waals surface area contributed by atoms with Crippen molar-refractivity contribution < 1.29 is 0 Å². The van der Waals surface area contributed by atoms with Crippen molar-refractivity contribution in [3.63, 3.8) is 0 Å². The van der Waals surface area contributed by atoms with Crippen molar-refractivity contribution in [1.82, 2.24) is 19.9 Å². The minimum absolute atomic E-state index is 0.580. The molecule has 0 aliphatic heterocycles. The van der Waals surface area contributed by atoms with E-state index in [0.717, 1.165) is 33.3 Å². The van der Waals surface area contributed by atoms with Crippen molar-refractivity contribution in [3.05, 3.63) is 132 Å². The maximum atomic E-state index is 5.03. The molecule has 5 heteroatoms. The van der Waals surface area contributed by atoms with Crippen LogP contribution in [0.4, 0.5) is 0 Å². The molecular formula is C32H30N4Si. The lowest BCUT2D eigenvalue weighted by atomic mass is 9.97. The van der Waals surface area contributed by atoms with Gasteiger partial charge in [-0.25, -0.2) is 0 Å². The fourth-order valence-corrected chi connectivity index (χ4v) is 8.64. The average Bonchev–Trinajstić information content (AvgIpc) is 2.99. The maximum absolute atomic E-state index is 5.03. The highest BCUT2D eigenvalue weighted by atomic mass is 28.3. The quantitative estimate of drug-likeness (QED) is 0.299. The fourth-order valence-electron chi connectivity index (χ4n) is 4.63. The summed E-state index contributed by atoms with van der Waals surface area (Å²) < 4.78 is 0. The van der Waals surface area contributed by atoms with Crippen molar-refractivity contribution in [2.24, 2.45) is 0 Å². The van der Waals surface area contributed by atoms with Gasteiger partial charge in [-0.15, -0.1) is 0 Å². The highest BCUT2D eigenvalue weighted by molar-refractivity contribution is 7.18. The zero-order valence-electron chi connectivity index (χ0n) is 21.2. The van der Waals surface area contributed by atoms with Gasteiger partial charge in [0.15, 0.2) is 0 Å². The van der Waals surface area contributed by atoms with Gasteiger partial charge in [0.1, 0.15) is 0 Å². The summed E-state index contributed by atoms with van der Waals surface area (Å²) in [5, 5.41) is 3.84. The molecule has 0 saturated carbocycles. The van der Waals surface area contributed by atoms with Crippen LogP contribution in [0, 0.1) is 0 Å². The van der Waals surface area contributed by atoms with E-state index in [-0.39, 0.29) is 0 Å². The molecule has 5 rings (SSSR count).